The Morgan fingerprint density at radius 3 is 2.73 bits per heavy atom. The number of fused-ring (bicyclic) bond motifs is 2. The van der Waals surface area contributed by atoms with Gasteiger partial charge in [-0.3, -0.25) is 5.01 Å². The summed E-state index contributed by atoms with van der Waals surface area (Å²) >= 11 is 10.2. The number of nitrogens with zero attached hydrogens (tertiary/aromatic N) is 4. The van der Waals surface area contributed by atoms with Crippen LogP contribution in [0.15, 0.2) is 64.2 Å². The number of carboxylic acids is 1. The number of allylic oxidation sites excluding steroid dienone is 1. The van der Waals surface area contributed by atoms with Gasteiger partial charge in [-0.2, -0.15) is 5.10 Å². The number of carbonyl (C=O) groups is 1. The highest BCUT2D eigenvalue weighted by atomic mass is 35.5. The Labute approximate surface area is 301 Å². The van der Waals surface area contributed by atoms with Crippen molar-refractivity contribution in [1.82, 2.24) is 14.6 Å². The van der Waals surface area contributed by atoms with E-state index in [4.69, 9.17) is 22.1 Å². The van der Waals surface area contributed by atoms with Crippen LogP contribution in [-0.2, 0) is 25.8 Å². The van der Waals surface area contributed by atoms with Crippen LogP contribution in [0.25, 0.3) is 27.8 Å². The Bertz CT molecular complexity index is 2020. The third kappa shape index (κ3) is 7.99. The molecule has 11 heteroatoms. The molecule has 0 spiro atoms. The zero-order valence-electron chi connectivity index (χ0n) is 28.8. The van der Waals surface area contributed by atoms with Crippen molar-refractivity contribution >= 4 is 74.6 Å². The lowest BCUT2D eigenvalue weighted by atomic mass is 10.0. The van der Waals surface area contributed by atoms with Gasteiger partial charge in [-0.1, -0.05) is 55.8 Å². The maximum absolute atomic E-state index is 12.6. The maximum Gasteiger partial charge on any atom is 0.352 e. The minimum absolute atomic E-state index is 0.275. The number of benzene rings is 3. The minimum Gasteiger partial charge on any atom is -0.493 e. The van der Waals surface area contributed by atoms with Crippen LogP contribution in [0.2, 0.25) is 5.02 Å². The second-order valence-electron chi connectivity index (χ2n) is 11.5. The first kappa shape index (κ1) is 36.5. The monoisotopic (exact) mass is 717 g/mol. The Balaban J connectivity index is 0.00000230. The van der Waals surface area contributed by atoms with Crippen molar-refractivity contribution in [2.24, 2.45) is 17.9 Å². The Hall–Kier alpha value is -3.83. The van der Waals surface area contributed by atoms with Gasteiger partial charge in [0.05, 0.1) is 17.8 Å². The Kier molecular flexibility index (Phi) is 12.4. The molecule has 0 atom stereocenters. The molecule has 49 heavy (non-hydrogen) atoms. The standard InChI is InChI=1S/C36H38ClN5O3S2.C2H6/c1-4-39-42-15-7-10-24(42)18-29-30(37)14-13-28-27(35(36(43)44)41(3)34(28)29)12-8-16-45-31-19-25(17-23-9-5-6-11-26(23)31)46-21-32-22(2)40-33(20-38)47-32;1-2/h4-6,9,11,13-14,17-19H,7-8,10,12,15-16,20-21,38H2,1-3H3,(H,43,44);1-2H3/b24-18+,39-4+;. The lowest BCUT2D eigenvalue weighted by Crippen LogP contribution is -2.10. The molecule has 6 rings (SSSR count). The van der Waals surface area contributed by atoms with E-state index in [2.05, 4.69) is 40.4 Å². The molecule has 1 aliphatic rings. The van der Waals surface area contributed by atoms with Gasteiger partial charge in [0.2, 0.25) is 0 Å². The fourth-order valence-electron chi connectivity index (χ4n) is 6.30. The van der Waals surface area contributed by atoms with Crippen molar-refractivity contribution in [3.05, 3.63) is 91.7 Å². The number of thiazole rings is 1. The fraction of sp³-hybridized carbons (Fsp3) is 0.342. The van der Waals surface area contributed by atoms with Gasteiger partial charge < -0.3 is 20.1 Å². The van der Waals surface area contributed by atoms with E-state index >= 15 is 0 Å². The van der Waals surface area contributed by atoms with Crippen LogP contribution < -0.4 is 10.5 Å². The number of hydrazone groups is 1. The number of carboxylic acid groups (broad SMARTS) is 1. The maximum atomic E-state index is 12.6. The van der Waals surface area contributed by atoms with Gasteiger partial charge >= 0.3 is 5.97 Å². The highest BCUT2D eigenvalue weighted by Gasteiger charge is 2.24. The van der Waals surface area contributed by atoms with Crippen LogP contribution in [0.4, 0.5) is 0 Å². The van der Waals surface area contributed by atoms with E-state index in [1.54, 1.807) is 40.9 Å². The third-order valence-corrected chi connectivity index (χ3v) is 11.2. The molecule has 1 saturated heterocycles. The average molecular weight is 718 g/mol. The molecule has 0 aliphatic carbocycles. The number of nitrogens with two attached hydrogens (primary N) is 1. The van der Waals surface area contributed by atoms with E-state index in [0.29, 0.717) is 31.0 Å². The topological polar surface area (TPSA) is 106 Å². The van der Waals surface area contributed by atoms with E-state index in [-0.39, 0.29) is 5.69 Å². The number of aryl methyl sites for hydroxylation is 3. The molecule has 8 nitrogen and oxygen atoms in total. The zero-order chi connectivity index (χ0) is 35.1. The summed E-state index contributed by atoms with van der Waals surface area (Å²) < 4.78 is 8.19. The van der Waals surface area contributed by atoms with Gasteiger partial charge in [-0.25, -0.2) is 9.78 Å². The highest BCUT2D eigenvalue weighted by Crippen LogP contribution is 2.37. The van der Waals surface area contributed by atoms with E-state index in [0.717, 1.165) is 85.0 Å². The molecule has 1 fully saturated rings. The smallest absolute Gasteiger partial charge is 0.352 e. The third-order valence-electron chi connectivity index (χ3n) is 8.46. The molecule has 5 aromatic rings. The molecule has 0 bridgehead atoms. The van der Waals surface area contributed by atoms with Crippen molar-refractivity contribution in [3.63, 3.8) is 0 Å². The van der Waals surface area contributed by atoms with E-state index in [9.17, 15) is 9.90 Å². The number of hydrogen-bond donors (Lipinski definition) is 2. The lowest BCUT2D eigenvalue weighted by Gasteiger charge is -2.14. The summed E-state index contributed by atoms with van der Waals surface area (Å²) in [5.41, 5.74) is 10.6. The number of aromatic carboxylic acids is 1. The van der Waals surface area contributed by atoms with Crippen molar-refractivity contribution < 1.29 is 14.6 Å². The molecule has 2 aromatic heterocycles. The Morgan fingerprint density at radius 1 is 1.20 bits per heavy atom. The number of ether oxygens (including phenoxy) is 1. The highest BCUT2D eigenvalue weighted by molar-refractivity contribution is 7.98. The van der Waals surface area contributed by atoms with Crippen molar-refractivity contribution in [1.29, 1.82) is 0 Å². The number of hydrogen-bond acceptors (Lipinski definition) is 8. The number of rotatable bonds is 12. The minimum atomic E-state index is -0.960. The first-order valence-corrected chi connectivity index (χ1v) is 18.9. The molecule has 3 heterocycles. The molecule has 3 aromatic carbocycles. The molecule has 3 N–H and O–H groups in total. The van der Waals surface area contributed by atoms with Crippen molar-refractivity contribution in [2.75, 3.05) is 13.2 Å². The van der Waals surface area contributed by atoms with Gasteiger partial charge in [0.25, 0.3) is 0 Å². The van der Waals surface area contributed by atoms with Crippen LogP contribution >= 0.6 is 34.7 Å². The second-order valence-corrected chi connectivity index (χ2v) is 14.1. The number of halogens is 1. The summed E-state index contributed by atoms with van der Waals surface area (Å²) in [6.07, 6.45) is 6.93. The van der Waals surface area contributed by atoms with Crippen LogP contribution in [0, 0.1) is 6.92 Å². The van der Waals surface area contributed by atoms with Gasteiger partial charge in [0, 0.05) is 68.9 Å². The largest absolute Gasteiger partial charge is 0.493 e. The molecule has 0 amide bonds. The van der Waals surface area contributed by atoms with E-state index < -0.39 is 5.97 Å². The van der Waals surface area contributed by atoms with E-state index in [1.165, 1.54) is 4.88 Å². The lowest BCUT2D eigenvalue weighted by molar-refractivity contribution is 0.0685. The molecule has 0 radical (unpaired) electrons. The zero-order valence-corrected chi connectivity index (χ0v) is 31.1. The van der Waals surface area contributed by atoms with Gasteiger partial charge in [-0.05, 0) is 74.8 Å². The number of thioether (sulfide) groups is 1. The van der Waals surface area contributed by atoms with Gasteiger partial charge in [-0.15, -0.1) is 23.1 Å². The van der Waals surface area contributed by atoms with Gasteiger partial charge in [0.15, 0.2) is 0 Å². The summed E-state index contributed by atoms with van der Waals surface area (Å²) in [6.45, 7) is 9.68. The number of aromatic nitrogens is 2. The van der Waals surface area contributed by atoms with Crippen LogP contribution in [0.3, 0.4) is 0 Å². The van der Waals surface area contributed by atoms with E-state index in [1.807, 2.05) is 57.0 Å². The van der Waals surface area contributed by atoms with Crippen molar-refractivity contribution in [2.45, 2.75) is 70.6 Å². The molecule has 0 saturated carbocycles. The molecule has 1 aliphatic heterocycles. The molecular formula is C38H44ClN5O3S2. The first-order chi connectivity index (χ1) is 23.8. The average Bonchev–Trinajstić information content (AvgIpc) is 3.79. The first-order valence-electron chi connectivity index (χ1n) is 16.7. The van der Waals surface area contributed by atoms with Crippen LogP contribution in [0.1, 0.15) is 77.2 Å². The predicted octanol–water partition coefficient (Wildman–Crippen LogP) is 9.68. The van der Waals surface area contributed by atoms with Crippen LogP contribution in [-0.4, -0.2) is 45.0 Å². The summed E-state index contributed by atoms with van der Waals surface area (Å²) in [7, 11) is 1.81. The fourth-order valence-corrected chi connectivity index (χ4v) is 8.57. The second kappa shape index (κ2) is 16.7. The quantitative estimate of drug-likeness (QED) is 0.0752. The van der Waals surface area contributed by atoms with Crippen molar-refractivity contribution in [3.8, 4) is 5.75 Å². The SMILES string of the molecule is C/C=N/N1CCC/C1=C\c1c(Cl)ccc2c(CCCOc3cc(SCc4sc(CN)nc4C)cc4ccccc34)c(C(=O)O)n(C)c12.CC. The molecule has 258 valence electrons. The van der Waals surface area contributed by atoms with Gasteiger partial charge in [0.1, 0.15) is 16.5 Å². The molecular weight excluding hydrogens is 674 g/mol. The predicted molar refractivity (Wildman–Crippen MR) is 206 cm³/mol. The summed E-state index contributed by atoms with van der Waals surface area (Å²) in [6, 6.07) is 16.3. The van der Waals surface area contributed by atoms with Crippen LogP contribution in [0.5, 0.6) is 5.75 Å². The molecule has 0 unspecified atom stereocenters. The summed E-state index contributed by atoms with van der Waals surface area (Å²) in [5, 5.41) is 21.4. The summed E-state index contributed by atoms with van der Waals surface area (Å²) in [5.74, 6) is 0.674. The summed E-state index contributed by atoms with van der Waals surface area (Å²) in [4.78, 5) is 19.5. The Morgan fingerprint density at radius 2 is 2.00 bits per heavy atom. The normalized spacial score (nSPS) is 13.9.